The van der Waals surface area contributed by atoms with Crippen LogP contribution in [-0.2, 0) is 119 Å². The summed E-state index contributed by atoms with van der Waals surface area (Å²) >= 11 is 0. The highest BCUT2D eigenvalue weighted by molar-refractivity contribution is 6.00. The van der Waals surface area contributed by atoms with Gasteiger partial charge in [0.1, 0.15) is 71.8 Å². The number of amides is 11. The van der Waals surface area contributed by atoms with Crippen LogP contribution in [0.25, 0.3) is 10.9 Å². The normalized spacial score (nSPS) is 24.6. The molecule has 2 saturated heterocycles. The van der Waals surface area contributed by atoms with Crippen molar-refractivity contribution in [2.75, 3.05) is 67.6 Å². The van der Waals surface area contributed by atoms with Gasteiger partial charge in [-0.15, -0.1) is 0 Å². The Kier molecular flexibility index (Phi) is 30.7. The lowest BCUT2D eigenvalue weighted by molar-refractivity contribution is -0.870. The van der Waals surface area contributed by atoms with Crippen molar-refractivity contribution >= 4 is 81.7 Å². The molecule has 10 atom stereocenters. The average Bonchev–Trinajstić information content (AvgIpc) is 1.66. The van der Waals surface area contributed by atoms with Crippen LogP contribution in [0.2, 0.25) is 0 Å². The van der Waals surface area contributed by atoms with Crippen LogP contribution in [0, 0.1) is 13.2 Å². The molecule has 2 fully saturated rings. The van der Waals surface area contributed by atoms with Gasteiger partial charge in [-0.05, 0) is 154 Å². The summed E-state index contributed by atoms with van der Waals surface area (Å²) in [5, 5.41) is 37.3. The number of nitrogens with zero attached hydrogens (tertiary/aromatic N) is 4. The first kappa shape index (κ1) is 86.8. The summed E-state index contributed by atoms with van der Waals surface area (Å²) in [6.07, 6.45) is 1.20. The number of methoxy groups -OCH3 is 1. The highest BCUT2D eigenvalue weighted by Gasteiger charge is 2.50. The number of aryl methyl sites for hydroxylation is 1. The number of hydrogen-bond acceptors (Lipinski definition) is 16. The van der Waals surface area contributed by atoms with E-state index in [1.165, 1.54) is 38.0 Å². The van der Waals surface area contributed by atoms with E-state index in [0.717, 1.165) is 39.9 Å². The highest BCUT2D eigenvalue weighted by atomic mass is 19.1. The fourth-order valence-electron chi connectivity index (χ4n) is 15.2. The summed E-state index contributed by atoms with van der Waals surface area (Å²) in [5.74, 6) is -8.89. The number of benzene rings is 4. The first-order chi connectivity index (χ1) is 53.5. The van der Waals surface area contributed by atoms with Crippen LogP contribution < -0.4 is 52.6 Å². The Morgan fingerprint density at radius 1 is 0.664 bits per heavy atom. The number of rotatable bonds is 13. The molecule has 113 heavy (non-hydrogen) atoms. The average molecular weight is 1570 g/mol. The van der Waals surface area contributed by atoms with Crippen LogP contribution in [0.4, 0.5) is 4.39 Å². The van der Waals surface area contributed by atoms with Gasteiger partial charge in [0.25, 0.3) is 0 Å². The molecular formula is C83H112FN13O16. The molecule has 11 amide bonds. The van der Waals surface area contributed by atoms with Gasteiger partial charge in [0.2, 0.25) is 65.0 Å². The maximum Gasteiger partial charge on any atom is 0.246 e. The standard InChI is InChI=1S/C82H108FN13O16.CH3/c1-50-74(102)88-63(26-23-60(98)17-9-8-11-37-96(4,5)6)75(103)89-64-42-54-15-13-16-55(39-54)45-85-71(101)49-112-68-31-36-94-73(68)78(106)92-72(51(2)97)77(105)91-65(41-52-19-24-61(110-7)25-20-52)80(108)95-35-14-32-82(95,3)81(109)84-33-30-53-18-21-56(46-86-69(99)28-29-70(100)87-50)58(40-53)48-111-38-12-10-34-93-47-57(43-66(79(94)107)90-76(64)104)62-44-59(83)22-27-67(62)93;/h13,15-16,18-22,24-25,27,39-40,44,47,50-51,63-66,68,72-73,97H,8-12,14,17,23,26,28-38,41-43,45-46,48-49H2,1-7H3,(H8-,84,85,86,87,88,89,90,91,92,99,100,101,102,103,104,105,106,109);1H3/q;-1/p+1/t50-,51+,63+,64-,65-,66-,68-,72-,73-,82-;/m0./s1. The molecule has 0 radical (unpaired) electrons. The monoisotopic (exact) mass is 1570 g/mol. The number of Topliss-reactive ketones (excluding diaryl/α,β-unsaturated/α-hetero) is 1. The quantitative estimate of drug-likeness (QED) is 0.0459. The van der Waals surface area contributed by atoms with Crippen LogP contribution in [-0.4, -0.2) is 222 Å². The maximum absolute atomic E-state index is 16.2. The third kappa shape index (κ3) is 23.7. The number of aliphatic hydroxyl groups excluding tert-OH is 1. The van der Waals surface area contributed by atoms with Gasteiger partial charge in [-0.1, -0.05) is 54.6 Å². The van der Waals surface area contributed by atoms with Gasteiger partial charge in [0, 0.05) is 108 Å². The minimum Gasteiger partial charge on any atom is -0.497 e. The molecule has 0 unspecified atom stereocenters. The minimum atomic E-state index is -1.86. The van der Waals surface area contributed by atoms with Crippen molar-refractivity contribution in [1.82, 2.24) is 62.2 Å². The Hall–Kier alpha value is -10.2. The van der Waals surface area contributed by atoms with Crippen LogP contribution in [0.15, 0.2) is 91.1 Å². The lowest BCUT2D eigenvalue weighted by Crippen LogP contribution is -2.64. The summed E-state index contributed by atoms with van der Waals surface area (Å²) in [6, 6.07) is 12.2. The number of aromatic nitrogens is 1. The Labute approximate surface area is 659 Å². The molecule has 1 aromatic heterocycles. The molecule has 30 heteroatoms. The van der Waals surface area contributed by atoms with Gasteiger partial charge in [-0.2, -0.15) is 0 Å². The molecule has 5 aliphatic heterocycles. The van der Waals surface area contributed by atoms with Crippen molar-refractivity contribution in [3.63, 3.8) is 0 Å². The van der Waals surface area contributed by atoms with Crippen LogP contribution in [0.5, 0.6) is 5.75 Å². The predicted octanol–water partition coefficient (Wildman–Crippen LogP) is 3.27. The van der Waals surface area contributed by atoms with E-state index in [4.69, 9.17) is 14.2 Å². The molecule has 612 valence electrons. The number of carbonyl (C=O) groups excluding carboxylic acids is 12. The van der Waals surface area contributed by atoms with Gasteiger partial charge < -0.3 is 93.4 Å². The molecule has 4 aromatic carbocycles. The lowest BCUT2D eigenvalue weighted by atomic mass is 9.95. The van der Waals surface area contributed by atoms with E-state index < -0.39 is 137 Å². The lowest BCUT2D eigenvalue weighted by Gasteiger charge is -2.37. The SMILES string of the molecule is COc1ccc(C[C@@H]2NC(=O)[C@H]([C@@H](C)O)NC(=O)[C@@H]3[C@@H]4CCN3C(=O)[C@@H]3Cc5cn(c6ccc(F)cc56)CCCCOCc5cc(ccc5CNC(=O)CCC(=O)N[C@@H](C)C(=O)N[C@H](CCC(=O)CCCCC[N+](C)(C)C)C(=O)N[C@@H](Cc5cccc(c5)CNC(=O)CO4)C(=O)N3)CCNC(=O)[C@]3(C)CCCN3C2=O)cc1.[CH3-]. The Morgan fingerprint density at radius 2 is 1.41 bits per heavy atom. The van der Waals surface area contributed by atoms with Crippen molar-refractivity contribution in [3.8, 4) is 5.75 Å². The molecule has 10 N–H and O–H groups in total. The number of hydrogen-bond donors (Lipinski definition) is 10. The van der Waals surface area contributed by atoms with Crippen molar-refractivity contribution < 1.29 is 85.7 Å². The number of ether oxygens (including phenoxy) is 3. The first-order valence-electron chi connectivity index (χ1n) is 39.1. The van der Waals surface area contributed by atoms with Crippen LogP contribution >= 0.6 is 0 Å². The third-order valence-corrected chi connectivity index (χ3v) is 21.6. The smallest absolute Gasteiger partial charge is 0.246 e. The zero-order valence-corrected chi connectivity index (χ0v) is 66.2. The fourth-order valence-corrected chi connectivity index (χ4v) is 15.2. The Bertz CT molecular complexity index is 4260. The second-order valence-electron chi connectivity index (χ2n) is 31.4. The molecular weight excluding hydrogens is 1450 g/mol. The molecule has 5 aromatic rings. The van der Waals surface area contributed by atoms with E-state index in [0.29, 0.717) is 83.1 Å². The fraction of sp³-hybridized carbons (Fsp3) is 0.530. The summed E-state index contributed by atoms with van der Waals surface area (Å²) in [7, 11) is 7.72. The van der Waals surface area contributed by atoms with Gasteiger partial charge in [0.15, 0.2) is 0 Å². The van der Waals surface area contributed by atoms with Gasteiger partial charge >= 0.3 is 0 Å². The van der Waals surface area contributed by atoms with Crippen molar-refractivity contribution in [3.05, 3.63) is 143 Å². The maximum atomic E-state index is 16.2. The number of nitrogens with one attached hydrogen (secondary N) is 9. The van der Waals surface area contributed by atoms with E-state index in [9.17, 15) is 33.9 Å². The van der Waals surface area contributed by atoms with Crippen molar-refractivity contribution in [2.45, 2.75) is 216 Å². The summed E-state index contributed by atoms with van der Waals surface area (Å²) < 4.78 is 36.5. The Balaban J connectivity index is 0.0000146. The van der Waals surface area contributed by atoms with E-state index in [1.807, 2.05) is 22.8 Å². The predicted molar refractivity (Wildman–Crippen MR) is 418 cm³/mol. The molecule has 11 bridgehead atoms. The van der Waals surface area contributed by atoms with E-state index in [1.54, 1.807) is 67.7 Å². The van der Waals surface area contributed by atoms with Crippen LogP contribution in [0.1, 0.15) is 143 Å². The van der Waals surface area contributed by atoms with E-state index in [-0.39, 0.29) is 123 Å². The molecule has 0 saturated carbocycles. The number of halogens is 1. The summed E-state index contributed by atoms with van der Waals surface area (Å²) in [6.45, 7) is 5.18. The number of unbranched alkanes of at least 4 members (excludes halogenated alkanes) is 2. The van der Waals surface area contributed by atoms with Gasteiger partial charge in [-0.25, -0.2) is 4.39 Å². The molecule has 10 rings (SSSR count). The topological polar surface area (TPSA) is 372 Å². The molecule has 5 aliphatic rings. The van der Waals surface area contributed by atoms with Crippen LogP contribution in [0.3, 0.4) is 0 Å². The number of carbonyl (C=O) groups is 12. The second-order valence-corrected chi connectivity index (χ2v) is 31.4. The summed E-state index contributed by atoms with van der Waals surface area (Å²) in [4.78, 5) is 180. The first-order valence-corrected chi connectivity index (χ1v) is 39.1. The van der Waals surface area contributed by atoms with E-state index in [2.05, 4.69) is 69.0 Å². The molecule has 0 spiro atoms. The number of aliphatic hydroxyl groups is 1. The molecule has 6 heterocycles. The van der Waals surface area contributed by atoms with Crippen molar-refractivity contribution in [2.24, 2.45) is 0 Å². The largest absolute Gasteiger partial charge is 0.497 e. The third-order valence-electron chi connectivity index (χ3n) is 21.6. The number of ketones is 1. The van der Waals surface area contributed by atoms with E-state index >= 15 is 33.2 Å². The van der Waals surface area contributed by atoms with Gasteiger partial charge in [0.05, 0.1) is 53.6 Å². The molecule has 29 nitrogen and oxygen atoms in total. The zero-order chi connectivity index (χ0) is 80.4. The number of quaternary nitrogens is 1. The highest BCUT2D eigenvalue weighted by Crippen LogP contribution is 2.33. The zero-order valence-electron chi connectivity index (χ0n) is 66.2. The molecule has 0 aliphatic carbocycles. The van der Waals surface area contributed by atoms with Crippen molar-refractivity contribution in [1.29, 1.82) is 0 Å². The summed E-state index contributed by atoms with van der Waals surface area (Å²) in [5.41, 5.74) is 3.29. The number of fused-ring (bicyclic) bond motifs is 12. The Morgan fingerprint density at radius 3 is 2.17 bits per heavy atom. The second kappa shape index (κ2) is 40.0. The minimum absolute atomic E-state index is 0. The van der Waals surface area contributed by atoms with Gasteiger partial charge in [-0.3, -0.25) is 57.5 Å².